The summed E-state index contributed by atoms with van der Waals surface area (Å²) < 4.78 is 50.9. The van der Waals surface area contributed by atoms with E-state index >= 15 is 0 Å². The van der Waals surface area contributed by atoms with Gasteiger partial charge in [-0.1, -0.05) is 39.5 Å². The van der Waals surface area contributed by atoms with E-state index in [4.69, 9.17) is 41.8 Å². The number of rotatable bonds is 26. The van der Waals surface area contributed by atoms with Crippen molar-refractivity contribution in [2.24, 2.45) is 5.73 Å². The van der Waals surface area contributed by atoms with Crippen molar-refractivity contribution in [3.63, 3.8) is 0 Å². The number of hydrogen-bond donors (Lipinski definition) is 1. The number of hydrogen-bond acceptors (Lipinski definition) is 9. The quantitative estimate of drug-likeness (QED) is 0.124. The molecule has 0 aromatic carbocycles. The minimum atomic E-state index is -3.12. The summed E-state index contributed by atoms with van der Waals surface area (Å²) in [6, 6.07) is 0. The first-order valence-corrected chi connectivity index (χ1v) is 19.1. The maximum Gasteiger partial charge on any atom is 0.531 e. The van der Waals surface area contributed by atoms with E-state index in [1.54, 1.807) is 0 Å². The Balaban J connectivity index is 6.15. The largest absolute Gasteiger partial charge is 0.531 e. The van der Waals surface area contributed by atoms with Gasteiger partial charge in [0.1, 0.15) is 11.5 Å². The lowest BCUT2D eigenvalue weighted by Crippen LogP contribution is -2.65. The third kappa shape index (κ3) is 12.1. The van der Waals surface area contributed by atoms with Crippen LogP contribution in [0.4, 0.5) is 0 Å². The average Bonchev–Trinajstić information content (AvgIpc) is 2.89. The van der Waals surface area contributed by atoms with Crippen LogP contribution in [0.5, 0.6) is 0 Å². The van der Waals surface area contributed by atoms with E-state index in [-0.39, 0.29) is 23.7 Å². The fraction of sp³-hybridized carbons (Fsp3) is 1.00. The third-order valence-corrected chi connectivity index (χ3v) is 13.6. The van der Waals surface area contributed by atoms with E-state index in [9.17, 15) is 0 Å². The van der Waals surface area contributed by atoms with E-state index in [2.05, 4.69) is 13.8 Å². The molecule has 4 unspecified atom stereocenters. The predicted octanol–water partition coefficient (Wildman–Crippen LogP) is 5.81. The first-order valence-electron chi connectivity index (χ1n) is 15.5. The van der Waals surface area contributed by atoms with Crippen molar-refractivity contribution >= 4 is 17.6 Å². The third-order valence-electron chi connectivity index (χ3n) is 6.99. The summed E-state index contributed by atoms with van der Waals surface area (Å²) in [6.45, 7) is 25.0. The monoisotopic (exact) mass is 597 g/mol. The lowest BCUT2D eigenvalue weighted by molar-refractivity contribution is -0.113. The highest BCUT2D eigenvalue weighted by Crippen LogP contribution is 2.30. The van der Waals surface area contributed by atoms with Gasteiger partial charge in [0.25, 0.3) is 0 Å². The van der Waals surface area contributed by atoms with Gasteiger partial charge in [0.2, 0.25) is 0 Å². The molecule has 0 aliphatic rings. The highest BCUT2D eigenvalue weighted by Gasteiger charge is 2.54. The van der Waals surface area contributed by atoms with Gasteiger partial charge in [-0.3, -0.25) is 0 Å². The molecule has 0 saturated heterocycles. The summed E-state index contributed by atoms with van der Waals surface area (Å²) in [6.07, 6.45) is 4.78. The van der Waals surface area contributed by atoms with E-state index in [0.717, 1.165) is 38.5 Å². The standard InChI is InChI=1S/C28H63NO8Si2/c1-12-20-22-26(38(30-14-3,31-15-4)32-16-5)36-24(9)28(11,29)25(10)37-27(23-21-13-2)39(33-17-6,34-18-7)35-19-8/h24-27H,12-23,29H2,1-11H3. The Morgan fingerprint density at radius 1 is 0.538 bits per heavy atom. The van der Waals surface area contributed by atoms with Gasteiger partial charge in [0.05, 0.1) is 17.7 Å². The van der Waals surface area contributed by atoms with Gasteiger partial charge in [0, 0.05) is 39.6 Å². The van der Waals surface area contributed by atoms with Gasteiger partial charge >= 0.3 is 17.6 Å². The van der Waals surface area contributed by atoms with Crippen molar-refractivity contribution in [3.05, 3.63) is 0 Å². The van der Waals surface area contributed by atoms with Crippen LogP contribution in [0.2, 0.25) is 0 Å². The van der Waals surface area contributed by atoms with Crippen molar-refractivity contribution in [1.82, 2.24) is 0 Å². The molecule has 0 bridgehead atoms. The molecule has 9 nitrogen and oxygen atoms in total. The molecule has 0 aromatic rings. The Morgan fingerprint density at radius 3 is 1.00 bits per heavy atom. The lowest BCUT2D eigenvalue weighted by Gasteiger charge is -2.44. The molecule has 0 radical (unpaired) electrons. The molecular weight excluding hydrogens is 534 g/mol. The molecule has 39 heavy (non-hydrogen) atoms. The molecule has 0 aromatic heterocycles. The Kier molecular flexibility index (Phi) is 20.9. The number of nitrogens with two attached hydrogens (primary N) is 1. The van der Waals surface area contributed by atoms with Gasteiger partial charge in [-0.05, 0) is 75.2 Å². The van der Waals surface area contributed by atoms with Crippen LogP contribution < -0.4 is 5.73 Å². The first kappa shape index (κ1) is 39.1. The van der Waals surface area contributed by atoms with Gasteiger partial charge in [-0.15, -0.1) is 0 Å². The summed E-state index contributed by atoms with van der Waals surface area (Å²) in [4.78, 5) is 0. The fourth-order valence-corrected chi connectivity index (χ4v) is 10.5. The molecule has 4 atom stereocenters. The maximum absolute atomic E-state index is 7.02. The van der Waals surface area contributed by atoms with Crippen LogP contribution in [0, 0.1) is 0 Å². The predicted molar refractivity (Wildman–Crippen MR) is 162 cm³/mol. The SMILES string of the molecule is CCCCC(OC(C)C(C)(N)C(C)OC(CCCC)[Si](OCC)(OCC)OCC)[Si](OCC)(OCC)OCC. The van der Waals surface area contributed by atoms with E-state index < -0.39 is 23.1 Å². The van der Waals surface area contributed by atoms with Crippen molar-refractivity contribution in [2.45, 2.75) is 144 Å². The summed E-state index contributed by atoms with van der Waals surface area (Å²) in [5, 5.41) is 0. The van der Waals surface area contributed by atoms with Crippen LogP contribution in [0.1, 0.15) is 115 Å². The molecule has 2 N–H and O–H groups in total. The molecular formula is C28H63NO8Si2. The Bertz CT molecular complexity index is 520. The van der Waals surface area contributed by atoms with Crippen LogP contribution >= 0.6 is 0 Å². The Morgan fingerprint density at radius 2 is 0.795 bits per heavy atom. The number of ether oxygens (including phenoxy) is 2. The van der Waals surface area contributed by atoms with Crippen LogP contribution in [0.25, 0.3) is 0 Å². The molecule has 0 aliphatic carbocycles. The molecule has 0 aliphatic heterocycles. The zero-order valence-electron chi connectivity index (χ0n) is 27.1. The highest BCUT2D eigenvalue weighted by molar-refractivity contribution is 6.62. The second-order valence-corrected chi connectivity index (χ2v) is 15.4. The van der Waals surface area contributed by atoms with Crippen LogP contribution in [0.3, 0.4) is 0 Å². The first-order chi connectivity index (χ1) is 18.5. The molecule has 0 heterocycles. The van der Waals surface area contributed by atoms with Crippen LogP contribution in [0.15, 0.2) is 0 Å². The van der Waals surface area contributed by atoms with Gasteiger partial charge < -0.3 is 41.8 Å². The zero-order chi connectivity index (χ0) is 30.0. The summed E-state index contributed by atoms with van der Waals surface area (Å²) in [7, 11) is -6.24. The minimum Gasteiger partial charge on any atom is -0.372 e. The van der Waals surface area contributed by atoms with Crippen LogP contribution in [-0.4, -0.2) is 86.5 Å². The van der Waals surface area contributed by atoms with Gasteiger partial charge in [-0.25, -0.2) is 0 Å². The van der Waals surface area contributed by atoms with Crippen molar-refractivity contribution in [3.8, 4) is 0 Å². The molecule has 236 valence electrons. The fourth-order valence-electron chi connectivity index (χ4n) is 4.57. The van der Waals surface area contributed by atoms with Gasteiger partial charge in [0.15, 0.2) is 0 Å². The second kappa shape index (κ2) is 20.9. The second-order valence-electron chi connectivity index (χ2n) is 9.99. The van der Waals surface area contributed by atoms with E-state index in [1.807, 2.05) is 62.3 Å². The summed E-state index contributed by atoms with van der Waals surface area (Å²) >= 11 is 0. The van der Waals surface area contributed by atoms with Crippen molar-refractivity contribution in [2.75, 3.05) is 39.6 Å². The topological polar surface area (TPSA) is 99.9 Å². The Labute approximate surface area is 242 Å². The highest BCUT2D eigenvalue weighted by atomic mass is 28.4. The normalized spacial score (nSPS) is 17.5. The lowest BCUT2D eigenvalue weighted by atomic mass is 9.91. The number of unbranched alkanes of at least 4 members (excludes halogenated alkanes) is 2. The molecule has 0 spiro atoms. The van der Waals surface area contributed by atoms with Crippen LogP contribution in [-0.2, 0) is 36.0 Å². The van der Waals surface area contributed by atoms with Gasteiger partial charge in [-0.2, -0.15) is 0 Å². The zero-order valence-corrected chi connectivity index (χ0v) is 29.1. The molecule has 0 rings (SSSR count). The molecule has 0 amide bonds. The van der Waals surface area contributed by atoms with E-state index in [0.29, 0.717) is 39.6 Å². The van der Waals surface area contributed by atoms with Crippen molar-refractivity contribution < 1.29 is 36.0 Å². The molecule has 0 fully saturated rings. The Hall–Kier alpha value is 0.0738. The summed E-state index contributed by atoms with van der Waals surface area (Å²) in [5.74, 6) is 0. The van der Waals surface area contributed by atoms with E-state index in [1.165, 1.54) is 0 Å². The minimum absolute atomic E-state index is 0.331. The maximum atomic E-state index is 7.02. The molecule has 11 heteroatoms. The molecule has 0 saturated carbocycles. The average molecular weight is 598 g/mol. The summed E-state index contributed by atoms with van der Waals surface area (Å²) in [5.41, 5.74) is 5.52. The smallest absolute Gasteiger partial charge is 0.372 e. The van der Waals surface area contributed by atoms with Crippen molar-refractivity contribution in [1.29, 1.82) is 0 Å².